The van der Waals surface area contributed by atoms with Crippen molar-refractivity contribution in [2.45, 2.75) is 19.8 Å². The molecule has 1 aliphatic rings. The number of aliphatic imine (C=N–C) groups is 1. The van der Waals surface area contributed by atoms with Crippen LogP contribution in [0.4, 0.5) is 11.4 Å². The SMILES string of the molecule is O=[N+]([O-])c1cccc(C2=Nc3c(Sc4ccccc4)ncnc3Sc3ccccc32)c1. The number of nitro benzene ring substituents is 1. The Hall–Kier alpha value is -3.49. The van der Waals surface area contributed by atoms with Crippen molar-refractivity contribution >= 4 is 40.6 Å². The van der Waals surface area contributed by atoms with Crippen molar-refractivity contribution in [3.63, 3.8) is 0 Å². The molecule has 0 unspecified atom stereocenters. The zero-order valence-corrected chi connectivity index (χ0v) is 17.6. The van der Waals surface area contributed by atoms with Crippen molar-refractivity contribution in [1.29, 1.82) is 0 Å². The van der Waals surface area contributed by atoms with Gasteiger partial charge in [0, 0.05) is 33.1 Å². The van der Waals surface area contributed by atoms with Crippen LogP contribution in [0.5, 0.6) is 0 Å². The summed E-state index contributed by atoms with van der Waals surface area (Å²) < 4.78 is 0. The number of non-ortho nitro benzene ring substituents is 1. The third-order valence-corrected chi connectivity index (χ3v) is 6.68. The highest BCUT2D eigenvalue weighted by molar-refractivity contribution is 8.00. The van der Waals surface area contributed by atoms with Crippen LogP contribution in [0.3, 0.4) is 0 Å². The minimum absolute atomic E-state index is 0.0259. The summed E-state index contributed by atoms with van der Waals surface area (Å²) in [5, 5.41) is 12.8. The van der Waals surface area contributed by atoms with E-state index < -0.39 is 4.92 Å². The van der Waals surface area contributed by atoms with Gasteiger partial charge in [0.2, 0.25) is 0 Å². The summed E-state index contributed by atoms with van der Waals surface area (Å²) in [5.41, 5.74) is 2.93. The first-order chi connectivity index (χ1) is 15.2. The van der Waals surface area contributed by atoms with Crippen LogP contribution in [0, 0.1) is 10.1 Å². The van der Waals surface area contributed by atoms with Gasteiger partial charge in [-0.2, -0.15) is 0 Å². The number of benzene rings is 3. The van der Waals surface area contributed by atoms with Crippen LogP contribution in [0.2, 0.25) is 0 Å². The second-order valence-corrected chi connectivity index (χ2v) is 8.71. The zero-order valence-electron chi connectivity index (χ0n) is 16.0. The number of nitro groups is 1. The number of hydrogen-bond donors (Lipinski definition) is 0. The van der Waals surface area contributed by atoms with Gasteiger partial charge in [0.15, 0.2) is 0 Å². The predicted octanol–water partition coefficient (Wildman–Crippen LogP) is 6.17. The fraction of sp³-hybridized carbons (Fsp3) is 0. The lowest BCUT2D eigenvalue weighted by atomic mass is 10.0. The molecule has 0 saturated carbocycles. The lowest BCUT2D eigenvalue weighted by Gasteiger charge is -2.09. The second kappa shape index (κ2) is 8.33. The van der Waals surface area contributed by atoms with E-state index in [4.69, 9.17) is 4.99 Å². The molecule has 4 aromatic rings. The van der Waals surface area contributed by atoms with Crippen LogP contribution in [0.15, 0.2) is 110 Å². The summed E-state index contributed by atoms with van der Waals surface area (Å²) in [4.78, 5) is 26.9. The molecule has 0 aliphatic carbocycles. The molecule has 6 nitrogen and oxygen atoms in total. The second-order valence-electron chi connectivity index (χ2n) is 6.61. The molecule has 0 saturated heterocycles. The van der Waals surface area contributed by atoms with E-state index in [9.17, 15) is 10.1 Å². The molecule has 31 heavy (non-hydrogen) atoms. The van der Waals surface area contributed by atoms with E-state index in [1.165, 1.54) is 29.6 Å². The molecule has 2 heterocycles. The van der Waals surface area contributed by atoms with Gasteiger partial charge in [0.05, 0.1) is 10.6 Å². The van der Waals surface area contributed by atoms with Crippen molar-refractivity contribution < 1.29 is 4.92 Å². The Morgan fingerprint density at radius 1 is 0.903 bits per heavy atom. The van der Waals surface area contributed by atoms with Gasteiger partial charge >= 0.3 is 0 Å². The molecular formula is C23H14N4O2S2. The largest absolute Gasteiger partial charge is 0.270 e. The molecule has 0 spiro atoms. The van der Waals surface area contributed by atoms with E-state index in [2.05, 4.69) is 9.97 Å². The Morgan fingerprint density at radius 3 is 2.55 bits per heavy atom. The number of rotatable bonds is 4. The summed E-state index contributed by atoms with van der Waals surface area (Å²) in [6.45, 7) is 0. The molecule has 0 bridgehead atoms. The van der Waals surface area contributed by atoms with Crippen molar-refractivity contribution in [3.8, 4) is 0 Å². The molecule has 1 aliphatic heterocycles. The summed E-state index contributed by atoms with van der Waals surface area (Å²) >= 11 is 3.04. The summed E-state index contributed by atoms with van der Waals surface area (Å²) in [6, 6.07) is 24.4. The smallest absolute Gasteiger partial charge is 0.258 e. The molecule has 0 radical (unpaired) electrons. The van der Waals surface area contributed by atoms with Gasteiger partial charge in [-0.25, -0.2) is 15.0 Å². The van der Waals surface area contributed by atoms with E-state index in [0.717, 1.165) is 25.4 Å². The average molecular weight is 443 g/mol. The van der Waals surface area contributed by atoms with Crippen LogP contribution in [-0.2, 0) is 0 Å². The maximum absolute atomic E-state index is 11.3. The topological polar surface area (TPSA) is 81.3 Å². The van der Waals surface area contributed by atoms with Crippen LogP contribution in [-0.4, -0.2) is 20.6 Å². The first kappa shape index (κ1) is 19.5. The van der Waals surface area contributed by atoms with Crippen LogP contribution < -0.4 is 0 Å². The van der Waals surface area contributed by atoms with Crippen molar-refractivity contribution in [2.24, 2.45) is 4.99 Å². The number of aromatic nitrogens is 2. The van der Waals surface area contributed by atoms with Gasteiger partial charge in [-0.1, -0.05) is 72.1 Å². The Kier molecular flexibility index (Phi) is 5.23. The summed E-state index contributed by atoms with van der Waals surface area (Å²) in [7, 11) is 0. The quantitative estimate of drug-likeness (QED) is 0.188. The highest BCUT2D eigenvalue weighted by atomic mass is 32.2. The van der Waals surface area contributed by atoms with Gasteiger partial charge in [0.1, 0.15) is 22.1 Å². The summed E-state index contributed by atoms with van der Waals surface area (Å²) in [6.07, 6.45) is 1.55. The monoisotopic (exact) mass is 442 g/mol. The van der Waals surface area contributed by atoms with Crippen LogP contribution >= 0.6 is 23.5 Å². The number of nitrogens with zero attached hydrogens (tertiary/aromatic N) is 4. The van der Waals surface area contributed by atoms with Crippen LogP contribution in [0.1, 0.15) is 11.1 Å². The first-order valence-corrected chi connectivity index (χ1v) is 11.0. The highest BCUT2D eigenvalue weighted by Gasteiger charge is 2.23. The van der Waals surface area contributed by atoms with E-state index >= 15 is 0 Å². The predicted molar refractivity (Wildman–Crippen MR) is 122 cm³/mol. The molecular weight excluding hydrogens is 428 g/mol. The fourth-order valence-corrected chi connectivity index (χ4v) is 5.10. The summed E-state index contributed by atoms with van der Waals surface area (Å²) in [5.74, 6) is 0. The standard InChI is InChI=1S/C23H14N4O2S2/c28-27(29)16-8-6-7-15(13-16)20-18-11-4-5-12-19(18)31-23-21(26-20)22(24-14-25-23)30-17-9-2-1-3-10-17/h1-14H. The minimum atomic E-state index is -0.394. The van der Waals surface area contributed by atoms with Crippen molar-refractivity contribution in [1.82, 2.24) is 9.97 Å². The van der Waals surface area contributed by atoms with Crippen molar-refractivity contribution in [2.75, 3.05) is 0 Å². The van der Waals surface area contributed by atoms with Gasteiger partial charge in [-0.15, -0.1) is 0 Å². The average Bonchev–Trinajstić information content (AvgIpc) is 2.97. The van der Waals surface area contributed by atoms with E-state index in [1.54, 1.807) is 18.5 Å². The van der Waals surface area contributed by atoms with Gasteiger partial charge in [-0.05, 0) is 18.2 Å². The van der Waals surface area contributed by atoms with Crippen LogP contribution in [0.25, 0.3) is 0 Å². The van der Waals surface area contributed by atoms with Gasteiger partial charge < -0.3 is 0 Å². The third-order valence-electron chi connectivity index (χ3n) is 4.62. The lowest BCUT2D eigenvalue weighted by molar-refractivity contribution is -0.384. The van der Waals surface area contributed by atoms with Gasteiger partial charge in [-0.3, -0.25) is 10.1 Å². The molecule has 0 atom stereocenters. The Balaban J connectivity index is 1.71. The molecule has 0 N–H and O–H groups in total. The lowest BCUT2D eigenvalue weighted by Crippen LogP contribution is -2.04. The molecule has 1 aromatic heterocycles. The molecule has 8 heteroatoms. The third kappa shape index (κ3) is 3.95. The first-order valence-electron chi connectivity index (χ1n) is 9.38. The van der Waals surface area contributed by atoms with E-state index in [1.807, 2.05) is 60.7 Å². The van der Waals surface area contributed by atoms with E-state index in [-0.39, 0.29) is 5.69 Å². The fourth-order valence-electron chi connectivity index (χ4n) is 3.21. The van der Waals surface area contributed by atoms with E-state index in [0.29, 0.717) is 17.0 Å². The van der Waals surface area contributed by atoms with Crippen molar-refractivity contribution in [3.05, 3.63) is 106 Å². The maximum atomic E-state index is 11.3. The zero-order chi connectivity index (χ0) is 21.2. The molecule has 150 valence electrons. The molecule has 3 aromatic carbocycles. The number of hydrogen-bond acceptors (Lipinski definition) is 7. The molecule has 0 amide bonds. The molecule has 0 fully saturated rings. The Labute approximate surface area is 186 Å². The minimum Gasteiger partial charge on any atom is -0.258 e. The van der Waals surface area contributed by atoms with Gasteiger partial charge in [0.25, 0.3) is 5.69 Å². The number of fused-ring (bicyclic) bond motifs is 2. The Bertz CT molecular complexity index is 1330. The Morgan fingerprint density at radius 2 is 1.71 bits per heavy atom. The molecule has 5 rings (SSSR count). The maximum Gasteiger partial charge on any atom is 0.270 e. The normalized spacial score (nSPS) is 12.3. The highest BCUT2D eigenvalue weighted by Crippen LogP contribution is 2.44.